The van der Waals surface area contributed by atoms with Crippen molar-refractivity contribution in [3.05, 3.63) is 0 Å². The lowest BCUT2D eigenvalue weighted by Gasteiger charge is -2.20. The summed E-state index contributed by atoms with van der Waals surface area (Å²) in [7, 11) is 8.46. The molecule has 0 aromatic carbocycles. The topological polar surface area (TPSA) is 13.0 Å². The van der Waals surface area contributed by atoms with Crippen LogP contribution in [0.4, 0.5) is 0 Å². The van der Waals surface area contributed by atoms with E-state index in [2.05, 4.69) is 75.5 Å². The van der Waals surface area contributed by atoms with Crippen LogP contribution < -0.4 is 0 Å². The molecular formula is C16H40N4. The maximum absolute atomic E-state index is 2.43. The lowest BCUT2D eigenvalue weighted by Crippen LogP contribution is -2.31. The molecule has 0 N–H and O–H groups in total. The molecule has 0 aromatic heterocycles. The number of nitrogens with zero attached hydrogens (tertiary/aromatic N) is 4. The van der Waals surface area contributed by atoms with Crippen LogP contribution in [0.1, 0.15) is 27.7 Å². The maximum Gasteiger partial charge on any atom is 0.0109 e. The van der Waals surface area contributed by atoms with Gasteiger partial charge in [-0.25, -0.2) is 0 Å². The Bertz CT molecular complexity index is 155. The summed E-state index contributed by atoms with van der Waals surface area (Å²) in [5, 5.41) is 0. The lowest BCUT2D eigenvalue weighted by molar-refractivity contribution is 0.261. The second-order valence-corrected chi connectivity index (χ2v) is 5.66. The van der Waals surface area contributed by atoms with Crippen molar-refractivity contribution in [1.29, 1.82) is 0 Å². The van der Waals surface area contributed by atoms with E-state index in [4.69, 9.17) is 0 Å². The zero-order chi connectivity index (χ0) is 16.0. The zero-order valence-corrected chi connectivity index (χ0v) is 15.4. The molecule has 0 heterocycles. The van der Waals surface area contributed by atoms with Crippen molar-refractivity contribution in [2.45, 2.75) is 27.7 Å². The van der Waals surface area contributed by atoms with Gasteiger partial charge in [0.05, 0.1) is 0 Å². The molecule has 0 atom stereocenters. The highest BCUT2D eigenvalue weighted by Crippen LogP contribution is 1.87. The van der Waals surface area contributed by atoms with Gasteiger partial charge < -0.3 is 19.6 Å². The second-order valence-electron chi connectivity index (χ2n) is 5.66. The van der Waals surface area contributed by atoms with Crippen molar-refractivity contribution in [2.75, 3.05) is 80.5 Å². The Morgan fingerprint density at radius 2 is 0.700 bits per heavy atom. The van der Waals surface area contributed by atoms with Crippen LogP contribution in [-0.2, 0) is 0 Å². The van der Waals surface area contributed by atoms with E-state index in [1.807, 2.05) is 0 Å². The Balaban J connectivity index is 0. The summed E-state index contributed by atoms with van der Waals surface area (Å²) < 4.78 is 0. The summed E-state index contributed by atoms with van der Waals surface area (Å²) in [6.07, 6.45) is 0. The Morgan fingerprint density at radius 1 is 0.450 bits per heavy atom. The van der Waals surface area contributed by atoms with Gasteiger partial charge in [0.1, 0.15) is 0 Å². The summed E-state index contributed by atoms with van der Waals surface area (Å²) >= 11 is 0. The number of hydrogen-bond acceptors (Lipinski definition) is 4. The quantitative estimate of drug-likeness (QED) is 0.607. The highest BCUT2D eigenvalue weighted by atomic mass is 15.2. The highest BCUT2D eigenvalue weighted by molar-refractivity contribution is 4.54. The van der Waals surface area contributed by atoms with Gasteiger partial charge in [0.15, 0.2) is 0 Å². The third kappa shape index (κ3) is 15.9. The number of rotatable bonds is 10. The predicted octanol–water partition coefficient (Wildman–Crippen LogP) is 1.78. The van der Waals surface area contributed by atoms with Crippen LogP contribution in [0.15, 0.2) is 0 Å². The normalized spacial score (nSPS) is 11.4. The van der Waals surface area contributed by atoms with Gasteiger partial charge in [0.25, 0.3) is 0 Å². The minimum absolute atomic E-state index is 1.17. The van der Waals surface area contributed by atoms with E-state index in [0.717, 1.165) is 0 Å². The van der Waals surface area contributed by atoms with Crippen LogP contribution in [0.3, 0.4) is 0 Å². The average molecular weight is 289 g/mol. The van der Waals surface area contributed by atoms with Gasteiger partial charge in [-0.15, -0.1) is 0 Å². The first-order chi connectivity index (χ1) is 9.40. The van der Waals surface area contributed by atoms with Crippen molar-refractivity contribution in [2.24, 2.45) is 0 Å². The molecule has 0 aliphatic heterocycles. The molecule has 124 valence electrons. The van der Waals surface area contributed by atoms with Gasteiger partial charge in [0.2, 0.25) is 0 Å². The number of hydrogen-bond donors (Lipinski definition) is 0. The highest BCUT2D eigenvalue weighted by Gasteiger charge is 1.98. The van der Waals surface area contributed by atoms with Gasteiger partial charge >= 0.3 is 0 Å². The van der Waals surface area contributed by atoms with Gasteiger partial charge in [-0.3, -0.25) is 0 Å². The Morgan fingerprint density at radius 3 is 0.850 bits per heavy atom. The largest absolute Gasteiger partial charge is 0.308 e. The number of likely N-dealkylation sites (N-methyl/N-ethyl adjacent to an activating group) is 4. The molecule has 0 aliphatic carbocycles. The molecule has 0 bridgehead atoms. The van der Waals surface area contributed by atoms with E-state index in [0.29, 0.717) is 0 Å². The first kappa shape index (κ1) is 22.1. The maximum atomic E-state index is 2.43. The SMILES string of the molecule is CCN(CC)CCN(C)C.CCN(CC)CCN(C)C. The third-order valence-electron chi connectivity index (χ3n) is 3.52. The molecule has 4 heteroatoms. The van der Waals surface area contributed by atoms with Crippen molar-refractivity contribution in [1.82, 2.24) is 19.6 Å². The van der Waals surface area contributed by atoms with Crippen LogP contribution >= 0.6 is 0 Å². The van der Waals surface area contributed by atoms with Gasteiger partial charge in [-0.1, -0.05) is 27.7 Å². The molecule has 0 saturated carbocycles. The lowest BCUT2D eigenvalue weighted by atomic mass is 10.4. The van der Waals surface area contributed by atoms with Crippen molar-refractivity contribution >= 4 is 0 Å². The summed E-state index contributed by atoms with van der Waals surface area (Å²) in [5.74, 6) is 0. The van der Waals surface area contributed by atoms with E-state index in [1.54, 1.807) is 0 Å². The molecule has 0 fully saturated rings. The molecule has 0 saturated heterocycles. The van der Waals surface area contributed by atoms with Gasteiger partial charge in [-0.05, 0) is 54.4 Å². The molecule has 0 rings (SSSR count). The fraction of sp³-hybridized carbons (Fsp3) is 1.00. The van der Waals surface area contributed by atoms with E-state index in [1.165, 1.54) is 52.4 Å². The first-order valence-electron chi connectivity index (χ1n) is 8.15. The van der Waals surface area contributed by atoms with E-state index in [-0.39, 0.29) is 0 Å². The summed E-state index contributed by atoms with van der Waals surface area (Å²) in [5.41, 5.74) is 0. The summed E-state index contributed by atoms with van der Waals surface area (Å²) in [4.78, 5) is 9.30. The minimum atomic E-state index is 1.17. The first-order valence-corrected chi connectivity index (χ1v) is 8.15. The minimum Gasteiger partial charge on any atom is -0.308 e. The molecular weight excluding hydrogens is 248 g/mol. The Hall–Kier alpha value is -0.160. The average Bonchev–Trinajstić information content (AvgIpc) is 2.41. The van der Waals surface area contributed by atoms with Crippen LogP contribution in [-0.4, -0.2) is 100 Å². The predicted molar refractivity (Wildman–Crippen MR) is 92.7 cm³/mol. The van der Waals surface area contributed by atoms with Gasteiger partial charge in [0, 0.05) is 26.2 Å². The summed E-state index contributed by atoms with van der Waals surface area (Å²) in [6.45, 7) is 18.2. The van der Waals surface area contributed by atoms with Crippen LogP contribution in [0.2, 0.25) is 0 Å². The third-order valence-corrected chi connectivity index (χ3v) is 3.52. The van der Waals surface area contributed by atoms with Crippen LogP contribution in [0.25, 0.3) is 0 Å². The Kier molecular flexibility index (Phi) is 16.9. The monoisotopic (exact) mass is 288 g/mol. The molecule has 0 aromatic rings. The van der Waals surface area contributed by atoms with E-state index in [9.17, 15) is 0 Å². The molecule has 4 nitrogen and oxygen atoms in total. The van der Waals surface area contributed by atoms with E-state index >= 15 is 0 Å². The molecule has 0 spiro atoms. The second kappa shape index (κ2) is 15.2. The molecule has 0 aliphatic rings. The van der Waals surface area contributed by atoms with Gasteiger partial charge in [-0.2, -0.15) is 0 Å². The summed E-state index contributed by atoms with van der Waals surface area (Å²) in [6, 6.07) is 0. The molecule has 20 heavy (non-hydrogen) atoms. The smallest absolute Gasteiger partial charge is 0.0109 e. The standard InChI is InChI=1S/2C8H20N2/c2*1-5-10(6-2)8-7-9(3)4/h2*5-8H2,1-4H3. The molecule has 0 radical (unpaired) electrons. The fourth-order valence-electron chi connectivity index (χ4n) is 1.76. The van der Waals surface area contributed by atoms with Crippen LogP contribution in [0, 0.1) is 0 Å². The van der Waals surface area contributed by atoms with Crippen molar-refractivity contribution in [3.63, 3.8) is 0 Å². The van der Waals surface area contributed by atoms with E-state index < -0.39 is 0 Å². The Labute approximate surface area is 128 Å². The van der Waals surface area contributed by atoms with Crippen molar-refractivity contribution in [3.8, 4) is 0 Å². The van der Waals surface area contributed by atoms with Crippen LogP contribution in [0.5, 0.6) is 0 Å². The molecule has 0 unspecified atom stereocenters. The van der Waals surface area contributed by atoms with Crippen molar-refractivity contribution < 1.29 is 0 Å². The fourth-order valence-corrected chi connectivity index (χ4v) is 1.76. The molecule has 0 amide bonds. The zero-order valence-electron chi connectivity index (χ0n) is 15.4.